The number of carbonyl (C=O) groups is 1. The lowest BCUT2D eigenvalue weighted by atomic mass is 10.3. The molecule has 16 heavy (non-hydrogen) atoms. The van der Waals surface area contributed by atoms with E-state index in [4.69, 9.17) is 4.74 Å². The average Bonchev–Trinajstić information content (AvgIpc) is 2.74. The van der Waals surface area contributed by atoms with Gasteiger partial charge in [0.15, 0.2) is 5.69 Å². The van der Waals surface area contributed by atoms with Crippen molar-refractivity contribution >= 4 is 28.5 Å². The molecule has 2 rings (SSSR count). The smallest absolute Gasteiger partial charge is 0.279 e. The third-order valence-corrected chi connectivity index (χ3v) is 2.75. The first kappa shape index (κ1) is 11.5. The van der Waals surface area contributed by atoms with Crippen LogP contribution in [0.4, 0.5) is 0 Å². The van der Waals surface area contributed by atoms with Crippen molar-refractivity contribution in [1.82, 2.24) is 15.3 Å². The van der Waals surface area contributed by atoms with E-state index in [0.29, 0.717) is 10.3 Å². The Bertz CT molecular complexity index is 454. The van der Waals surface area contributed by atoms with Crippen molar-refractivity contribution in [2.75, 3.05) is 6.61 Å². The van der Waals surface area contributed by atoms with Crippen molar-refractivity contribution in [3.8, 4) is 0 Å². The van der Waals surface area contributed by atoms with Gasteiger partial charge in [-0.05, 0) is 35.4 Å². The first-order valence-electron chi connectivity index (χ1n) is 4.84. The zero-order valence-corrected chi connectivity index (χ0v) is 10.5. The molecular weight excluding hydrogens is 325 g/mol. The summed E-state index contributed by atoms with van der Waals surface area (Å²) >= 11 is 1.93. The summed E-state index contributed by atoms with van der Waals surface area (Å²) in [5, 5.41) is 2.62. The second kappa shape index (κ2) is 4.91. The molecule has 1 amide bonds. The first-order valence-corrected chi connectivity index (χ1v) is 5.92. The fourth-order valence-electron chi connectivity index (χ4n) is 1.44. The largest absolute Gasteiger partial charge is 0.359 e. The van der Waals surface area contributed by atoms with Crippen molar-refractivity contribution in [3.05, 3.63) is 25.9 Å². The van der Waals surface area contributed by atoms with Gasteiger partial charge in [-0.25, -0.2) is 4.98 Å². The van der Waals surface area contributed by atoms with Crippen LogP contribution in [0.2, 0.25) is 0 Å². The zero-order valence-electron chi connectivity index (χ0n) is 8.33. The third-order valence-electron chi connectivity index (χ3n) is 2.19. The van der Waals surface area contributed by atoms with Crippen LogP contribution in [0, 0.1) is 3.70 Å². The molecule has 1 aliphatic rings. The van der Waals surface area contributed by atoms with E-state index < -0.39 is 11.5 Å². The molecule has 2 N–H and O–H groups in total. The predicted molar refractivity (Wildman–Crippen MR) is 64.0 cm³/mol. The maximum atomic E-state index is 11.7. The molecule has 1 saturated heterocycles. The number of carbonyl (C=O) groups excluding carboxylic acids is 1. The number of nitrogens with zero attached hydrogens (tertiary/aromatic N) is 1. The Hall–Kier alpha value is -0.960. The fourth-order valence-corrected chi connectivity index (χ4v) is 1.84. The van der Waals surface area contributed by atoms with Gasteiger partial charge in [0.2, 0.25) is 0 Å². The molecule has 1 fully saturated rings. The molecule has 1 aliphatic heterocycles. The maximum absolute atomic E-state index is 11.7. The minimum Gasteiger partial charge on any atom is -0.359 e. The topological polar surface area (TPSA) is 84.1 Å². The van der Waals surface area contributed by atoms with Crippen LogP contribution in [-0.4, -0.2) is 28.7 Å². The van der Waals surface area contributed by atoms with Gasteiger partial charge in [-0.3, -0.25) is 9.59 Å². The number of rotatable bonds is 2. The molecule has 86 valence electrons. The lowest BCUT2D eigenvalue weighted by Crippen LogP contribution is -2.38. The Morgan fingerprint density at radius 1 is 1.69 bits per heavy atom. The lowest BCUT2D eigenvalue weighted by Gasteiger charge is -2.10. The summed E-state index contributed by atoms with van der Waals surface area (Å²) < 4.78 is 5.81. The van der Waals surface area contributed by atoms with Crippen LogP contribution in [0.3, 0.4) is 0 Å². The summed E-state index contributed by atoms with van der Waals surface area (Å²) in [6.07, 6.45) is 2.84. The number of ether oxygens (including phenoxy) is 1. The SMILES string of the molecule is O=C(NC1CCCO1)c1nc(I)c[nH]c1=O. The van der Waals surface area contributed by atoms with Crippen molar-refractivity contribution in [1.29, 1.82) is 0 Å². The van der Waals surface area contributed by atoms with Gasteiger partial charge in [-0.1, -0.05) is 0 Å². The number of halogens is 1. The Kier molecular flexibility index (Phi) is 3.54. The predicted octanol–water partition coefficient (Wildman–Crippen LogP) is 0.241. The second-order valence-electron chi connectivity index (χ2n) is 3.38. The van der Waals surface area contributed by atoms with Crippen LogP contribution in [0.15, 0.2) is 11.0 Å². The molecule has 0 aromatic carbocycles. The van der Waals surface area contributed by atoms with Crippen LogP contribution in [-0.2, 0) is 4.74 Å². The highest BCUT2D eigenvalue weighted by molar-refractivity contribution is 14.1. The molecule has 7 heteroatoms. The molecule has 2 heterocycles. The maximum Gasteiger partial charge on any atom is 0.279 e. The van der Waals surface area contributed by atoms with Crippen molar-refractivity contribution in [3.63, 3.8) is 0 Å². The van der Waals surface area contributed by atoms with E-state index in [0.717, 1.165) is 12.8 Å². The second-order valence-corrected chi connectivity index (χ2v) is 4.48. The van der Waals surface area contributed by atoms with Crippen LogP contribution in [0.1, 0.15) is 23.3 Å². The van der Waals surface area contributed by atoms with Crippen molar-refractivity contribution < 1.29 is 9.53 Å². The van der Waals surface area contributed by atoms with E-state index in [1.807, 2.05) is 22.6 Å². The summed E-state index contributed by atoms with van der Waals surface area (Å²) in [4.78, 5) is 29.4. The molecule has 0 saturated carbocycles. The molecular formula is C9H10IN3O3. The van der Waals surface area contributed by atoms with Gasteiger partial charge in [0, 0.05) is 12.8 Å². The van der Waals surface area contributed by atoms with Gasteiger partial charge >= 0.3 is 0 Å². The minimum absolute atomic E-state index is 0.123. The Balaban J connectivity index is 2.13. The van der Waals surface area contributed by atoms with Gasteiger partial charge in [-0.2, -0.15) is 0 Å². The van der Waals surface area contributed by atoms with E-state index in [1.165, 1.54) is 6.20 Å². The van der Waals surface area contributed by atoms with Gasteiger partial charge in [0.25, 0.3) is 11.5 Å². The van der Waals surface area contributed by atoms with E-state index in [9.17, 15) is 9.59 Å². The van der Waals surface area contributed by atoms with Gasteiger partial charge < -0.3 is 15.0 Å². The standard InChI is InChI=1S/C9H10IN3O3/c10-5-4-11-8(14)7(12-5)9(15)13-6-2-1-3-16-6/h4,6H,1-3H2,(H,11,14)(H,13,15). The van der Waals surface area contributed by atoms with E-state index >= 15 is 0 Å². The van der Waals surface area contributed by atoms with Crippen LogP contribution < -0.4 is 10.9 Å². The molecule has 0 radical (unpaired) electrons. The average molecular weight is 335 g/mol. The molecule has 1 aromatic rings. The number of aromatic amines is 1. The molecule has 1 unspecified atom stereocenters. The van der Waals surface area contributed by atoms with Gasteiger partial charge in [0.05, 0.1) is 0 Å². The van der Waals surface area contributed by atoms with Crippen molar-refractivity contribution in [2.45, 2.75) is 19.1 Å². The highest BCUT2D eigenvalue weighted by Crippen LogP contribution is 2.09. The lowest BCUT2D eigenvalue weighted by molar-refractivity contribution is 0.0634. The van der Waals surface area contributed by atoms with Crippen LogP contribution in [0.25, 0.3) is 0 Å². The van der Waals surface area contributed by atoms with E-state index in [2.05, 4.69) is 15.3 Å². The normalized spacial score (nSPS) is 19.7. The summed E-state index contributed by atoms with van der Waals surface area (Å²) in [5.74, 6) is -0.494. The van der Waals surface area contributed by atoms with E-state index in [-0.39, 0.29) is 11.9 Å². The highest BCUT2D eigenvalue weighted by atomic mass is 127. The summed E-state index contributed by atoms with van der Waals surface area (Å²) in [6, 6.07) is 0. The molecule has 1 atom stereocenters. The Morgan fingerprint density at radius 2 is 2.50 bits per heavy atom. The monoisotopic (exact) mass is 335 g/mol. The Labute approximate surface area is 105 Å². The third kappa shape index (κ3) is 2.59. The highest BCUT2D eigenvalue weighted by Gasteiger charge is 2.21. The molecule has 0 aliphatic carbocycles. The van der Waals surface area contributed by atoms with Gasteiger partial charge in [0.1, 0.15) is 9.93 Å². The van der Waals surface area contributed by atoms with Gasteiger partial charge in [-0.15, -0.1) is 0 Å². The number of nitrogens with one attached hydrogen (secondary N) is 2. The van der Waals surface area contributed by atoms with Crippen LogP contribution in [0.5, 0.6) is 0 Å². The molecule has 0 bridgehead atoms. The Morgan fingerprint density at radius 3 is 3.19 bits per heavy atom. The van der Waals surface area contributed by atoms with E-state index in [1.54, 1.807) is 0 Å². The zero-order chi connectivity index (χ0) is 11.5. The number of hydrogen-bond acceptors (Lipinski definition) is 4. The number of amides is 1. The quantitative estimate of drug-likeness (QED) is 0.759. The first-order chi connectivity index (χ1) is 7.66. The van der Waals surface area contributed by atoms with Crippen LogP contribution >= 0.6 is 22.6 Å². The fraction of sp³-hybridized carbons (Fsp3) is 0.444. The van der Waals surface area contributed by atoms with Crippen molar-refractivity contribution in [2.24, 2.45) is 0 Å². The molecule has 6 nitrogen and oxygen atoms in total. The number of aromatic nitrogens is 2. The summed E-state index contributed by atoms with van der Waals surface area (Å²) in [5.41, 5.74) is -0.613. The minimum atomic E-state index is -0.494. The number of hydrogen-bond donors (Lipinski definition) is 2. The summed E-state index contributed by atoms with van der Waals surface area (Å²) in [7, 11) is 0. The number of H-pyrrole nitrogens is 1. The summed E-state index contributed by atoms with van der Waals surface area (Å²) in [6.45, 7) is 0.640. The molecule has 1 aromatic heterocycles. The molecule has 0 spiro atoms.